The average molecular weight is 919 g/mol. The minimum atomic E-state index is -1.15. The molecule has 67 heavy (non-hydrogen) atoms. The van der Waals surface area contributed by atoms with Crippen molar-refractivity contribution in [3.63, 3.8) is 0 Å². The maximum atomic E-state index is 14.8. The summed E-state index contributed by atoms with van der Waals surface area (Å²) in [6, 6.07) is 12.3. The number of ether oxygens (including phenoxy) is 2. The van der Waals surface area contributed by atoms with E-state index in [1.54, 1.807) is 39.5 Å². The molecule has 0 spiro atoms. The summed E-state index contributed by atoms with van der Waals surface area (Å²) in [5.41, 5.74) is 9.59. The molecular formula is C51H66N8O8. The summed E-state index contributed by atoms with van der Waals surface area (Å²) in [5, 5.41) is 19.8. The minimum Gasteiger partial charge on any atom is -0.508 e. The number of aromatic hydroxyl groups is 1. The van der Waals surface area contributed by atoms with Crippen molar-refractivity contribution in [3.8, 4) is 28.1 Å². The molecule has 4 aromatic rings. The van der Waals surface area contributed by atoms with Crippen molar-refractivity contribution in [2.75, 3.05) is 47.4 Å². The number of benzene rings is 2. The van der Waals surface area contributed by atoms with Crippen LogP contribution in [0.5, 0.6) is 5.75 Å². The number of carbonyl (C=O) groups excluding carboxylic acids is 5. The summed E-state index contributed by atoms with van der Waals surface area (Å²) < 4.78 is 14.2. The Balaban J connectivity index is 1.20. The van der Waals surface area contributed by atoms with Crippen LogP contribution < -0.4 is 16.1 Å². The summed E-state index contributed by atoms with van der Waals surface area (Å²) >= 11 is 0. The maximum Gasteiger partial charge on any atom is 0.324 e. The predicted octanol–water partition coefficient (Wildman–Crippen LogP) is 4.90. The number of hydrogen-bond donors (Lipinski definition) is 4. The number of likely N-dealkylation sites (N-methyl/N-ethyl adjacent to an activating group) is 2. The van der Waals surface area contributed by atoms with Gasteiger partial charge in [-0.05, 0) is 111 Å². The van der Waals surface area contributed by atoms with Crippen LogP contribution in [0.15, 0.2) is 54.7 Å². The third kappa shape index (κ3) is 10.2. The second kappa shape index (κ2) is 19.8. The van der Waals surface area contributed by atoms with Gasteiger partial charge in [-0.1, -0.05) is 38.8 Å². The van der Waals surface area contributed by atoms with Gasteiger partial charge in [-0.15, -0.1) is 0 Å². The molecule has 4 aliphatic rings. The summed E-state index contributed by atoms with van der Waals surface area (Å²) in [4.78, 5) is 77.7. The van der Waals surface area contributed by atoms with Crippen molar-refractivity contribution in [2.24, 2.45) is 11.3 Å². The normalized spacial score (nSPS) is 21.8. The van der Waals surface area contributed by atoms with Gasteiger partial charge in [0.05, 0.1) is 36.7 Å². The topological polar surface area (TPSA) is 198 Å². The van der Waals surface area contributed by atoms with E-state index >= 15 is 0 Å². The predicted molar refractivity (Wildman–Crippen MR) is 253 cm³/mol. The van der Waals surface area contributed by atoms with Crippen molar-refractivity contribution in [1.29, 1.82) is 0 Å². The highest BCUT2D eigenvalue weighted by Crippen LogP contribution is 2.42. The molecule has 2 saturated heterocycles. The van der Waals surface area contributed by atoms with Gasteiger partial charge in [0.2, 0.25) is 17.7 Å². The number of phenolic OH excluding ortho intramolecular Hbond substituents is 1. The monoisotopic (exact) mass is 919 g/mol. The van der Waals surface area contributed by atoms with Crippen molar-refractivity contribution < 1.29 is 38.6 Å². The molecule has 4 amide bonds. The highest BCUT2D eigenvalue weighted by Gasteiger charge is 2.41. The molecule has 2 aromatic carbocycles. The molecule has 4 N–H and O–H groups in total. The van der Waals surface area contributed by atoms with E-state index in [9.17, 15) is 29.1 Å². The SMILES string of the molecule is CCn1c(-c2cccnc2[C@H](C)OC)c2c3cc(ccc31)-c1cc(O)cc(c1)C[C@H](NC(=O)[C@H](C1CCCC1)N(C)C(=O)CN(C)C(=O)[C@H]1CN1)C(=O)N1CCC[C@H](N1)C(=O)OCC(C)(C)C2. The Labute approximate surface area is 392 Å². The Hall–Kier alpha value is -5.84. The average Bonchev–Trinajstić information content (AvgIpc) is 3.95. The van der Waals surface area contributed by atoms with Gasteiger partial charge in [-0.2, -0.15) is 0 Å². The Kier molecular flexibility index (Phi) is 14.1. The highest BCUT2D eigenvalue weighted by atomic mass is 16.5. The third-order valence-corrected chi connectivity index (χ3v) is 14.1. The number of aromatic nitrogens is 2. The Bertz CT molecular complexity index is 2530. The van der Waals surface area contributed by atoms with E-state index in [-0.39, 0.29) is 61.7 Å². The molecule has 0 radical (unpaired) electrons. The number of aryl methyl sites for hydroxylation is 1. The Morgan fingerprint density at radius 3 is 2.52 bits per heavy atom. The van der Waals surface area contributed by atoms with E-state index in [2.05, 4.69) is 59.6 Å². The molecule has 1 saturated carbocycles. The number of nitrogens with one attached hydrogen (secondary N) is 3. The first-order chi connectivity index (χ1) is 32.1. The van der Waals surface area contributed by atoms with E-state index in [4.69, 9.17) is 14.5 Å². The lowest BCUT2D eigenvalue weighted by Gasteiger charge is -2.37. The van der Waals surface area contributed by atoms with Gasteiger partial charge in [0.15, 0.2) is 0 Å². The summed E-state index contributed by atoms with van der Waals surface area (Å²) in [5.74, 6) is -2.15. The van der Waals surface area contributed by atoms with Crippen LogP contribution in [-0.2, 0) is 52.8 Å². The van der Waals surface area contributed by atoms with E-state index in [1.165, 1.54) is 14.8 Å². The minimum absolute atomic E-state index is 0.000542. The second-order valence-electron chi connectivity index (χ2n) is 19.7. The fourth-order valence-electron chi connectivity index (χ4n) is 10.3. The summed E-state index contributed by atoms with van der Waals surface area (Å²) in [6.45, 7) is 9.68. The highest BCUT2D eigenvalue weighted by molar-refractivity contribution is 5.96. The third-order valence-electron chi connectivity index (χ3n) is 14.1. The standard InChI is InChI=1S/C51H66N8O8/c1-8-58-42-18-17-33-25-37(42)38(46(58)36-15-11-19-52-44(36)30(2)66-7)26-51(3,4)29-67-50(65)39-16-12-20-59(55-39)49(64)40(23-31-21-34(33)24-35(60)22-31)54-47(62)45(32-13-9-10-14-32)57(6)43(61)28-56(5)48(63)41-27-53-41/h11,15,17-19,21-22,24-25,30,32,39-41,45,53,55,60H,8-10,12-14,16,20,23,26-29H2,1-7H3,(H,54,62)/t30-,39-,40-,41+,45-/m0/s1. The lowest BCUT2D eigenvalue weighted by Crippen LogP contribution is -2.62. The molecule has 5 atom stereocenters. The number of phenols is 1. The molecule has 8 rings (SSSR count). The van der Waals surface area contributed by atoms with Gasteiger partial charge in [0.1, 0.15) is 23.9 Å². The molecule has 1 aliphatic carbocycles. The molecule has 3 aliphatic heterocycles. The van der Waals surface area contributed by atoms with Crippen molar-refractivity contribution in [2.45, 2.75) is 116 Å². The van der Waals surface area contributed by atoms with Crippen LogP contribution in [0.2, 0.25) is 0 Å². The molecule has 5 heterocycles. The van der Waals surface area contributed by atoms with Crippen LogP contribution in [0, 0.1) is 11.3 Å². The van der Waals surface area contributed by atoms with Crippen molar-refractivity contribution in [3.05, 3.63) is 71.5 Å². The lowest BCUT2D eigenvalue weighted by atomic mass is 9.84. The molecule has 6 bridgehead atoms. The molecule has 0 unspecified atom stereocenters. The van der Waals surface area contributed by atoms with Crippen molar-refractivity contribution in [1.82, 2.24) is 40.4 Å². The van der Waals surface area contributed by atoms with Crippen LogP contribution in [0.25, 0.3) is 33.3 Å². The Morgan fingerprint density at radius 1 is 1.04 bits per heavy atom. The first kappa shape index (κ1) is 47.6. The van der Waals surface area contributed by atoms with Crippen LogP contribution in [0.1, 0.15) is 89.1 Å². The number of hydrogen-bond acceptors (Lipinski definition) is 11. The Morgan fingerprint density at radius 2 is 1.81 bits per heavy atom. The molecule has 16 nitrogen and oxygen atoms in total. The van der Waals surface area contributed by atoms with E-state index in [1.807, 2.05) is 25.1 Å². The van der Waals surface area contributed by atoms with Crippen LogP contribution >= 0.6 is 0 Å². The van der Waals surface area contributed by atoms with Gasteiger partial charge >= 0.3 is 5.97 Å². The van der Waals surface area contributed by atoms with E-state index in [0.29, 0.717) is 37.9 Å². The largest absolute Gasteiger partial charge is 0.508 e. The zero-order chi connectivity index (χ0) is 47.7. The first-order valence-electron chi connectivity index (χ1n) is 23.8. The van der Waals surface area contributed by atoms with Crippen molar-refractivity contribution >= 4 is 40.5 Å². The van der Waals surface area contributed by atoms with Crippen LogP contribution in [-0.4, -0.2) is 131 Å². The van der Waals surface area contributed by atoms with Crippen LogP contribution in [0.3, 0.4) is 0 Å². The van der Waals surface area contributed by atoms with E-state index < -0.39 is 41.3 Å². The summed E-state index contributed by atoms with van der Waals surface area (Å²) in [6.07, 6.45) is 6.25. The smallest absolute Gasteiger partial charge is 0.324 e. The fraction of sp³-hybridized carbons (Fsp3) is 0.529. The number of methoxy groups -OCH3 is 1. The number of esters is 1. The number of rotatable bonds is 11. The van der Waals surface area contributed by atoms with Crippen LogP contribution in [0.4, 0.5) is 0 Å². The quantitative estimate of drug-likeness (QED) is 0.118. The molecular weight excluding hydrogens is 853 g/mol. The van der Waals surface area contributed by atoms with Gasteiger partial charge in [-0.3, -0.25) is 34.0 Å². The second-order valence-corrected chi connectivity index (χ2v) is 19.7. The number of fused-ring (bicyclic) bond motifs is 6. The van der Waals surface area contributed by atoms with Gasteiger partial charge < -0.3 is 39.6 Å². The first-order valence-corrected chi connectivity index (χ1v) is 23.8. The number of carbonyl (C=O) groups is 5. The van der Waals surface area contributed by atoms with Gasteiger partial charge in [-0.25, -0.2) is 5.43 Å². The fourth-order valence-corrected chi connectivity index (χ4v) is 10.3. The molecule has 358 valence electrons. The number of hydrazine groups is 1. The summed E-state index contributed by atoms with van der Waals surface area (Å²) in [7, 11) is 4.84. The number of amides is 4. The molecule has 16 heteroatoms. The molecule has 2 aromatic heterocycles. The van der Waals surface area contributed by atoms with Gasteiger partial charge in [0.25, 0.3) is 5.91 Å². The van der Waals surface area contributed by atoms with Gasteiger partial charge in [0, 0.05) is 75.3 Å². The lowest BCUT2D eigenvalue weighted by molar-refractivity contribution is -0.155. The van der Waals surface area contributed by atoms with E-state index in [0.717, 1.165) is 70.2 Å². The number of nitrogens with zero attached hydrogens (tertiary/aromatic N) is 5. The maximum absolute atomic E-state index is 14.8. The molecule has 3 fully saturated rings. The number of pyridine rings is 1. The zero-order valence-electron chi connectivity index (χ0n) is 39.9. The number of cyclic esters (lactones) is 1. The zero-order valence-corrected chi connectivity index (χ0v) is 39.9.